The Labute approximate surface area is 134 Å². The molecule has 0 spiro atoms. The van der Waals surface area contributed by atoms with Crippen LogP contribution in [-0.4, -0.2) is 41.9 Å². The second-order valence-electron chi connectivity index (χ2n) is 6.38. The summed E-state index contributed by atoms with van der Waals surface area (Å²) in [5, 5.41) is 0. The first kappa shape index (κ1) is 16.3. The number of benzene rings is 1. The van der Waals surface area contributed by atoms with Crippen molar-refractivity contribution in [2.75, 3.05) is 26.2 Å². The highest BCUT2D eigenvalue weighted by Gasteiger charge is 2.35. The van der Waals surface area contributed by atoms with Gasteiger partial charge in [0.25, 0.3) is 0 Å². The van der Waals surface area contributed by atoms with Gasteiger partial charge in [0, 0.05) is 38.6 Å². The third-order valence-electron chi connectivity index (χ3n) is 4.54. The molecule has 0 radical (unpaired) electrons. The van der Waals surface area contributed by atoms with Gasteiger partial charge in [-0.2, -0.15) is 13.2 Å². The van der Waals surface area contributed by atoms with E-state index in [2.05, 4.69) is 0 Å². The van der Waals surface area contributed by atoms with Gasteiger partial charge in [0.2, 0.25) is 5.91 Å². The summed E-state index contributed by atoms with van der Waals surface area (Å²) in [5.74, 6) is 0.426. The van der Waals surface area contributed by atoms with E-state index in [0.29, 0.717) is 25.2 Å². The average molecular weight is 326 g/mol. The van der Waals surface area contributed by atoms with Crippen molar-refractivity contribution in [2.45, 2.75) is 32.0 Å². The molecule has 2 fully saturated rings. The summed E-state index contributed by atoms with van der Waals surface area (Å²) in [6.07, 6.45) is -1.54. The molecule has 23 heavy (non-hydrogen) atoms. The van der Waals surface area contributed by atoms with Crippen LogP contribution in [0.25, 0.3) is 0 Å². The number of carbonyl (C=O) groups excluding carboxylic acids is 1. The van der Waals surface area contributed by atoms with E-state index >= 15 is 0 Å². The number of alkyl halides is 3. The lowest BCUT2D eigenvalue weighted by atomic mass is 10.1. The first-order valence-corrected chi connectivity index (χ1v) is 8.11. The van der Waals surface area contributed by atoms with Crippen LogP contribution in [0.2, 0.25) is 0 Å². The van der Waals surface area contributed by atoms with E-state index in [1.807, 2.05) is 9.80 Å². The molecule has 126 valence electrons. The largest absolute Gasteiger partial charge is 0.416 e. The third kappa shape index (κ3) is 4.05. The predicted octanol–water partition coefficient (Wildman–Crippen LogP) is 3.15. The maximum absolute atomic E-state index is 13.1. The van der Waals surface area contributed by atoms with Crippen molar-refractivity contribution < 1.29 is 18.0 Å². The first-order chi connectivity index (χ1) is 10.9. The summed E-state index contributed by atoms with van der Waals surface area (Å²) in [7, 11) is 0. The molecule has 1 aliphatic heterocycles. The third-order valence-corrected chi connectivity index (χ3v) is 4.54. The van der Waals surface area contributed by atoms with Gasteiger partial charge in [-0.05, 0) is 30.9 Å². The molecule has 0 atom stereocenters. The van der Waals surface area contributed by atoms with Gasteiger partial charge >= 0.3 is 6.18 Å². The van der Waals surface area contributed by atoms with Crippen molar-refractivity contribution in [3.63, 3.8) is 0 Å². The van der Waals surface area contributed by atoms with E-state index in [4.69, 9.17) is 0 Å². The van der Waals surface area contributed by atoms with Crippen LogP contribution in [0, 0.1) is 5.92 Å². The smallest absolute Gasteiger partial charge is 0.341 e. The average Bonchev–Trinajstić information content (AvgIpc) is 3.34. The Morgan fingerprint density at radius 3 is 2.52 bits per heavy atom. The molecule has 3 nitrogen and oxygen atoms in total. The summed E-state index contributed by atoms with van der Waals surface area (Å²) < 4.78 is 39.2. The number of hydrogen-bond acceptors (Lipinski definition) is 2. The molecule has 1 amide bonds. The zero-order valence-electron chi connectivity index (χ0n) is 13.0. The molecule has 1 aromatic rings. The molecule has 0 N–H and O–H groups in total. The van der Waals surface area contributed by atoms with Gasteiger partial charge in [-0.1, -0.05) is 18.2 Å². The minimum Gasteiger partial charge on any atom is -0.341 e. The quantitative estimate of drug-likeness (QED) is 0.852. The highest BCUT2D eigenvalue weighted by Crippen LogP contribution is 2.33. The second-order valence-corrected chi connectivity index (χ2v) is 6.38. The molecular formula is C17H21F3N2O. The van der Waals surface area contributed by atoms with E-state index in [0.717, 1.165) is 31.9 Å². The minimum atomic E-state index is -4.32. The van der Waals surface area contributed by atoms with Crippen molar-refractivity contribution in [1.29, 1.82) is 0 Å². The maximum atomic E-state index is 13.1. The number of hydrogen-bond donors (Lipinski definition) is 0. The molecule has 2 aliphatic rings. The van der Waals surface area contributed by atoms with E-state index in [9.17, 15) is 18.0 Å². The normalized spacial score (nSPS) is 20.4. The van der Waals surface area contributed by atoms with Gasteiger partial charge in [-0.25, -0.2) is 0 Å². The molecule has 1 saturated carbocycles. The van der Waals surface area contributed by atoms with Crippen molar-refractivity contribution in [2.24, 2.45) is 5.92 Å². The lowest BCUT2D eigenvalue weighted by Gasteiger charge is -2.23. The van der Waals surface area contributed by atoms with Gasteiger partial charge in [0.1, 0.15) is 0 Å². The van der Waals surface area contributed by atoms with Crippen LogP contribution in [0.1, 0.15) is 30.4 Å². The van der Waals surface area contributed by atoms with Crippen LogP contribution in [-0.2, 0) is 17.5 Å². The SMILES string of the molecule is O=C(C1CC1)N1CCCN(Cc2ccccc2C(F)(F)F)CC1. The lowest BCUT2D eigenvalue weighted by molar-refractivity contribution is -0.138. The standard InChI is InChI=1S/C17H21F3N2O/c18-17(19,20)15-5-2-1-4-14(15)12-21-8-3-9-22(11-10-21)16(23)13-6-7-13/h1-2,4-5,13H,3,6-12H2. The van der Waals surface area contributed by atoms with Gasteiger partial charge in [0.05, 0.1) is 5.56 Å². The Bertz CT molecular complexity index is 569. The molecule has 0 unspecified atom stereocenters. The molecule has 1 aliphatic carbocycles. The number of halogens is 3. The number of carbonyl (C=O) groups is 1. The fourth-order valence-electron chi connectivity index (χ4n) is 3.11. The molecule has 1 saturated heterocycles. The zero-order chi connectivity index (χ0) is 16.4. The van der Waals surface area contributed by atoms with Crippen molar-refractivity contribution in [3.05, 3.63) is 35.4 Å². The Morgan fingerprint density at radius 1 is 1.09 bits per heavy atom. The molecular weight excluding hydrogens is 305 g/mol. The van der Waals surface area contributed by atoms with Gasteiger partial charge in [-0.15, -0.1) is 0 Å². The minimum absolute atomic E-state index is 0.201. The van der Waals surface area contributed by atoms with Crippen molar-refractivity contribution in [1.82, 2.24) is 9.80 Å². The Hall–Kier alpha value is -1.56. The van der Waals surface area contributed by atoms with Gasteiger partial charge in [0.15, 0.2) is 0 Å². The number of amides is 1. The summed E-state index contributed by atoms with van der Waals surface area (Å²) >= 11 is 0. The summed E-state index contributed by atoms with van der Waals surface area (Å²) in [5.41, 5.74) is -0.253. The first-order valence-electron chi connectivity index (χ1n) is 8.11. The van der Waals surface area contributed by atoms with Crippen LogP contribution in [0.5, 0.6) is 0 Å². The Morgan fingerprint density at radius 2 is 1.83 bits per heavy atom. The van der Waals surface area contributed by atoms with Gasteiger partial charge in [-0.3, -0.25) is 9.69 Å². The van der Waals surface area contributed by atoms with E-state index in [-0.39, 0.29) is 18.4 Å². The summed E-state index contributed by atoms with van der Waals surface area (Å²) in [4.78, 5) is 16.0. The number of nitrogens with zero attached hydrogens (tertiary/aromatic N) is 2. The van der Waals surface area contributed by atoms with Gasteiger partial charge < -0.3 is 4.90 Å². The fourth-order valence-corrected chi connectivity index (χ4v) is 3.11. The van der Waals surface area contributed by atoms with Crippen LogP contribution in [0.4, 0.5) is 13.2 Å². The summed E-state index contributed by atoms with van der Waals surface area (Å²) in [6, 6.07) is 5.74. The molecule has 6 heteroatoms. The Balaban J connectivity index is 1.64. The van der Waals surface area contributed by atoms with E-state index < -0.39 is 11.7 Å². The topological polar surface area (TPSA) is 23.6 Å². The highest BCUT2D eigenvalue weighted by atomic mass is 19.4. The van der Waals surface area contributed by atoms with Crippen LogP contribution in [0.3, 0.4) is 0 Å². The van der Waals surface area contributed by atoms with Crippen LogP contribution < -0.4 is 0 Å². The van der Waals surface area contributed by atoms with Crippen molar-refractivity contribution in [3.8, 4) is 0 Å². The predicted molar refractivity (Wildman–Crippen MR) is 80.6 cm³/mol. The molecule has 0 aromatic heterocycles. The Kier molecular flexibility index (Phi) is 4.62. The molecule has 0 bridgehead atoms. The fraction of sp³-hybridized carbons (Fsp3) is 0.588. The molecule has 1 heterocycles. The maximum Gasteiger partial charge on any atom is 0.416 e. The van der Waals surface area contributed by atoms with E-state index in [1.165, 1.54) is 6.07 Å². The molecule has 1 aromatic carbocycles. The second kappa shape index (κ2) is 6.51. The summed E-state index contributed by atoms with van der Waals surface area (Å²) in [6.45, 7) is 2.96. The molecule has 3 rings (SSSR count). The number of rotatable bonds is 3. The van der Waals surface area contributed by atoms with Crippen molar-refractivity contribution >= 4 is 5.91 Å². The lowest BCUT2D eigenvalue weighted by Crippen LogP contribution is -2.36. The monoisotopic (exact) mass is 326 g/mol. The van der Waals surface area contributed by atoms with Crippen LogP contribution >= 0.6 is 0 Å². The van der Waals surface area contributed by atoms with Crippen LogP contribution in [0.15, 0.2) is 24.3 Å². The highest BCUT2D eigenvalue weighted by molar-refractivity contribution is 5.81. The zero-order valence-corrected chi connectivity index (χ0v) is 13.0. The van der Waals surface area contributed by atoms with E-state index in [1.54, 1.807) is 12.1 Å².